The second-order valence-electron chi connectivity index (χ2n) is 10.3. The highest BCUT2D eigenvalue weighted by Crippen LogP contribution is 2.42. The van der Waals surface area contributed by atoms with Crippen molar-refractivity contribution in [3.8, 4) is 0 Å². The van der Waals surface area contributed by atoms with Crippen LogP contribution in [0.25, 0.3) is 0 Å². The fourth-order valence-electron chi connectivity index (χ4n) is 5.07. The number of aliphatic hydroxyl groups is 2. The van der Waals surface area contributed by atoms with Crippen molar-refractivity contribution in [2.75, 3.05) is 6.61 Å². The number of aliphatic hydroxyl groups excluding tert-OH is 2. The Morgan fingerprint density at radius 3 is 1.73 bits per heavy atom. The predicted molar refractivity (Wildman–Crippen MR) is 154 cm³/mol. The van der Waals surface area contributed by atoms with Crippen molar-refractivity contribution in [2.24, 2.45) is 0 Å². The molecule has 208 valence electrons. The monoisotopic (exact) mass is 606 g/mol. The molecule has 8 nitrogen and oxygen atoms in total. The molecule has 3 N–H and O–H groups in total. The summed E-state index contributed by atoms with van der Waals surface area (Å²) in [6.07, 6.45) is -3.75. The number of halogens is 1. The summed E-state index contributed by atoms with van der Waals surface area (Å²) in [5, 5.41) is 21.8. The van der Waals surface area contributed by atoms with Crippen LogP contribution in [-0.2, 0) is 15.1 Å². The molecule has 0 saturated carbocycles. The Morgan fingerprint density at radius 2 is 1.27 bits per heavy atom. The summed E-state index contributed by atoms with van der Waals surface area (Å²) in [4.78, 5) is 26.5. The van der Waals surface area contributed by atoms with Crippen LogP contribution in [0.2, 0.25) is 0 Å². The van der Waals surface area contributed by atoms with Crippen LogP contribution >= 0.6 is 15.9 Å². The molecule has 0 bridgehead atoms. The molecule has 1 saturated heterocycles. The van der Waals surface area contributed by atoms with Gasteiger partial charge in [-0.1, -0.05) is 89.5 Å². The molecule has 4 atom stereocenters. The van der Waals surface area contributed by atoms with Crippen molar-refractivity contribution in [1.29, 1.82) is 0 Å². The van der Waals surface area contributed by atoms with Gasteiger partial charge in [0.15, 0.2) is 6.23 Å². The number of aromatic nitrogens is 2. The van der Waals surface area contributed by atoms with Gasteiger partial charge in [-0.2, -0.15) is 0 Å². The molecule has 0 unspecified atom stereocenters. The number of benzene rings is 3. The van der Waals surface area contributed by atoms with E-state index in [1.54, 1.807) is 0 Å². The number of aryl methyl sites for hydroxylation is 3. The van der Waals surface area contributed by atoms with Crippen LogP contribution in [0, 0.1) is 20.8 Å². The lowest BCUT2D eigenvalue weighted by Crippen LogP contribution is -2.40. The highest BCUT2D eigenvalue weighted by molar-refractivity contribution is 9.10. The Labute approximate surface area is 240 Å². The summed E-state index contributed by atoms with van der Waals surface area (Å²) >= 11 is 3.10. The zero-order chi connectivity index (χ0) is 28.6. The third kappa shape index (κ3) is 5.23. The maximum Gasteiger partial charge on any atom is 0.330 e. The number of H-pyrrole nitrogens is 1. The van der Waals surface area contributed by atoms with Gasteiger partial charge in [-0.25, -0.2) is 4.79 Å². The molecule has 0 aliphatic carbocycles. The van der Waals surface area contributed by atoms with Gasteiger partial charge >= 0.3 is 5.69 Å². The highest BCUT2D eigenvalue weighted by atomic mass is 79.9. The van der Waals surface area contributed by atoms with Crippen LogP contribution in [0.15, 0.2) is 93.1 Å². The van der Waals surface area contributed by atoms with Crippen molar-refractivity contribution >= 4 is 15.9 Å². The minimum Gasteiger partial charge on any atom is -0.387 e. The van der Waals surface area contributed by atoms with Crippen LogP contribution in [0.5, 0.6) is 0 Å². The molecule has 3 aromatic carbocycles. The van der Waals surface area contributed by atoms with Gasteiger partial charge in [0.25, 0.3) is 5.56 Å². The topological polar surface area (TPSA) is 114 Å². The maximum atomic E-state index is 12.5. The molecule has 5 rings (SSSR count). The van der Waals surface area contributed by atoms with E-state index in [4.69, 9.17) is 9.47 Å². The van der Waals surface area contributed by atoms with Gasteiger partial charge in [0, 0.05) is 6.20 Å². The first-order chi connectivity index (χ1) is 19.1. The molecule has 4 aromatic rings. The average Bonchev–Trinajstić information content (AvgIpc) is 3.22. The van der Waals surface area contributed by atoms with Crippen molar-refractivity contribution in [1.82, 2.24) is 9.55 Å². The molecular formula is C31H31BrN2O6. The largest absolute Gasteiger partial charge is 0.387 e. The van der Waals surface area contributed by atoms with Gasteiger partial charge in [-0.05, 0) is 53.4 Å². The normalized spacial score (nSPS) is 21.1. The molecule has 40 heavy (non-hydrogen) atoms. The second-order valence-corrected chi connectivity index (χ2v) is 11.1. The third-order valence-electron chi connectivity index (χ3n) is 7.37. The van der Waals surface area contributed by atoms with Crippen LogP contribution in [0.1, 0.15) is 39.6 Å². The summed E-state index contributed by atoms with van der Waals surface area (Å²) < 4.78 is 14.0. The Bertz CT molecular complexity index is 1480. The van der Waals surface area contributed by atoms with Crippen LogP contribution in [0.3, 0.4) is 0 Å². The van der Waals surface area contributed by atoms with E-state index in [0.717, 1.165) is 37.9 Å². The number of hydrogen-bond acceptors (Lipinski definition) is 6. The predicted octanol–water partition coefficient (Wildman–Crippen LogP) is 3.85. The molecule has 0 amide bonds. The minimum atomic E-state index is -1.43. The van der Waals surface area contributed by atoms with Gasteiger partial charge in [-0.3, -0.25) is 14.3 Å². The first-order valence-electron chi connectivity index (χ1n) is 13.0. The lowest BCUT2D eigenvalue weighted by molar-refractivity contribution is -0.0959. The molecule has 2 heterocycles. The summed E-state index contributed by atoms with van der Waals surface area (Å²) in [7, 11) is 0. The quantitative estimate of drug-likeness (QED) is 0.275. The second kappa shape index (κ2) is 11.3. The standard InChI is InChI=1S/C31H31BrN2O6/c1-18-4-10-21(11-5-18)31(22-12-6-19(2)7-13-22,23-14-8-20(3)9-15-23)39-17-25-26(35)27(36)29(40-25)34-16-24(32)28(37)33-30(34)38/h4-16,25-27,29,35-36H,17H2,1-3H3,(H,33,37,38)/t25-,26-,27+,29-/m1/s1. The van der Waals surface area contributed by atoms with Crippen LogP contribution in [0.4, 0.5) is 0 Å². The van der Waals surface area contributed by atoms with Gasteiger partial charge in [0.2, 0.25) is 0 Å². The fourth-order valence-corrected chi connectivity index (χ4v) is 5.39. The van der Waals surface area contributed by atoms with Gasteiger partial charge < -0.3 is 19.7 Å². The smallest absolute Gasteiger partial charge is 0.330 e. The van der Waals surface area contributed by atoms with Crippen molar-refractivity contribution in [2.45, 2.75) is 50.9 Å². The Balaban J connectivity index is 1.56. The molecule has 1 aliphatic rings. The van der Waals surface area contributed by atoms with Crippen LogP contribution < -0.4 is 11.2 Å². The summed E-state index contributed by atoms with van der Waals surface area (Å²) in [5.74, 6) is 0. The maximum absolute atomic E-state index is 12.5. The summed E-state index contributed by atoms with van der Waals surface area (Å²) in [5.41, 5.74) is 3.52. The fraction of sp³-hybridized carbons (Fsp3) is 0.290. The van der Waals surface area contributed by atoms with E-state index in [2.05, 4.69) is 20.9 Å². The average molecular weight is 608 g/mol. The number of ether oxygens (including phenoxy) is 2. The van der Waals surface area contributed by atoms with Crippen LogP contribution in [-0.4, -0.2) is 44.7 Å². The first kappa shape index (κ1) is 28.2. The molecule has 0 radical (unpaired) electrons. The first-order valence-corrected chi connectivity index (χ1v) is 13.8. The Kier molecular flexibility index (Phi) is 7.94. The number of rotatable bonds is 7. The van der Waals surface area contributed by atoms with E-state index < -0.39 is 41.4 Å². The van der Waals surface area contributed by atoms with E-state index in [1.165, 1.54) is 6.20 Å². The van der Waals surface area contributed by atoms with Crippen molar-refractivity contribution < 1.29 is 19.7 Å². The molecule has 1 aromatic heterocycles. The van der Waals surface area contributed by atoms with Crippen molar-refractivity contribution in [3.05, 3.63) is 138 Å². The Hall–Kier alpha value is -3.34. The molecule has 9 heteroatoms. The number of aromatic amines is 1. The lowest BCUT2D eigenvalue weighted by atomic mass is 9.79. The highest BCUT2D eigenvalue weighted by Gasteiger charge is 2.46. The molecular weight excluding hydrogens is 576 g/mol. The lowest BCUT2D eigenvalue weighted by Gasteiger charge is -2.37. The third-order valence-corrected chi connectivity index (χ3v) is 7.94. The molecule has 0 spiro atoms. The van der Waals surface area contributed by atoms with Gasteiger partial charge in [0.1, 0.15) is 23.9 Å². The number of hydrogen-bond donors (Lipinski definition) is 3. The zero-order valence-electron chi connectivity index (χ0n) is 22.4. The van der Waals surface area contributed by atoms with Gasteiger partial charge in [-0.15, -0.1) is 0 Å². The zero-order valence-corrected chi connectivity index (χ0v) is 24.0. The summed E-state index contributed by atoms with van der Waals surface area (Å²) in [6, 6.07) is 24.3. The van der Waals surface area contributed by atoms with E-state index in [9.17, 15) is 19.8 Å². The summed E-state index contributed by atoms with van der Waals surface area (Å²) in [6.45, 7) is 5.95. The Morgan fingerprint density at radius 1 is 0.825 bits per heavy atom. The van der Waals surface area contributed by atoms with Crippen molar-refractivity contribution in [3.63, 3.8) is 0 Å². The number of nitrogens with zero attached hydrogens (tertiary/aromatic N) is 1. The molecule has 1 fully saturated rings. The number of nitrogens with one attached hydrogen (secondary N) is 1. The minimum absolute atomic E-state index is 0.0919. The van der Waals surface area contributed by atoms with E-state index in [-0.39, 0.29) is 11.1 Å². The van der Waals surface area contributed by atoms with Gasteiger partial charge in [0.05, 0.1) is 11.1 Å². The SMILES string of the molecule is Cc1ccc(C(OC[C@H]2O[C@@H](n3cc(Br)c(=O)[nH]c3=O)[C@@H](O)[C@@H]2O)(c2ccc(C)cc2)c2ccc(C)cc2)cc1. The molecule has 1 aliphatic heterocycles. The van der Waals surface area contributed by atoms with E-state index in [1.807, 2.05) is 93.6 Å². The van der Waals surface area contributed by atoms with E-state index in [0.29, 0.717) is 0 Å². The van der Waals surface area contributed by atoms with E-state index >= 15 is 0 Å².